The average Bonchev–Trinajstić information content (AvgIpc) is 3.02. The van der Waals surface area contributed by atoms with Gasteiger partial charge in [-0.2, -0.15) is 0 Å². The normalized spacial score (nSPS) is 10.6. The Morgan fingerprint density at radius 2 is 1.91 bits per heavy atom. The number of thioether (sulfide) groups is 1. The molecule has 0 atom stereocenters. The summed E-state index contributed by atoms with van der Waals surface area (Å²) in [5.41, 5.74) is 2.07. The zero-order valence-electron chi connectivity index (χ0n) is 12.4. The predicted octanol–water partition coefficient (Wildman–Crippen LogP) is 4.35. The van der Waals surface area contributed by atoms with Crippen LogP contribution in [-0.2, 0) is 6.61 Å². The van der Waals surface area contributed by atoms with Crippen molar-refractivity contribution in [2.75, 3.05) is 6.26 Å². The molecular formula is C17H16N2O2S. The summed E-state index contributed by atoms with van der Waals surface area (Å²) >= 11 is 1.70. The van der Waals surface area contributed by atoms with E-state index in [2.05, 4.69) is 10.2 Å². The number of benzene rings is 2. The third kappa shape index (κ3) is 3.49. The molecule has 0 bridgehead atoms. The van der Waals surface area contributed by atoms with Gasteiger partial charge in [0.1, 0.15) is 5.75 Å². The maximum atomic E-state index is 5.66. The second-order valence-electron chi connectivity index (χ2n) is 4.83. The Kier molecular flexibility index (Phi) is 4.44. The molecule has 22 heavy (non-hydrogen) atoms. The van der Waals surface area contributed by atoms with Crippen molar-refractivity contribution < 1.29 is 9.15 Å². The molecule has 2 aromatic carbocycles. The van der Waals surface area contributed by atoms with Crippen LogP contribution in [0.15, 0.2) is 57.8 Å². The van der Waals surface area contributed by atoms with Gasteiger partial charge in [-0.25, -0.2) is 0 Å². The van der Waals surface area contributed by atoms with Gasteiger partial charge >= 0.3 is 0 Å². The number of rotatable bonds is 5. The molecule has 0 amide bonds. The summed E-state index contributed by atoms with van der Waals surface area (Å²) in [5.74, 6) is 1.76. The lowest BCUT2D eigenvalue weighted by Crippen LogP contribution is -1.95. The van der Waals surface area contributed by atoms with Crippen LogP contribution in [0.3, 0.4) is 0 Å². The molecule has 0 unspecified atom stereocenters. The smallest absolute Gasteiger partial charge is 0.254 e. The van der Waals surface area contributed by atoms with Gasteiger partial charge in [-0.3, -0.25) is 0 Å². The van der Waals surface area contributed by atoms with Crippen molar-refractivity contribution in [3.8, 4) is 17.2 Å². The molecular weight excluding hydrogens is 296 g/mol. The summed E-state index contributed by atoms with van der Waals surface area (Å²) in [4.78, 5) is 1.20. The van der Waals surface area contributed by atoms with Crippen LogP contribution in [0, 0.1) is 6.92 Å². The van der Waals surface area contributed by atoms with Crippen LogP contribution in [0.25, 0.3) is 11.5 Å². The van der Waals surface area contributed by atoms with Crippen LogP contribution >= 0.6 is 11.8 Å². The Labute approximate surface area is 133 Å². The maximum Gasteiger partial charge on any atom is 0.254 e. The van der Waals surface area contributed by atoms with Crippen LogP contribution in [0.5, 0.6) is 5.75 Å². The van der Waals surface area contributed by atoms with E-state index in [9.17, 15) is 0 Å². The Morgan fingerprint density at radius 1 is 1.09 bits per heavy atom. The molecule has 0 N–H and O–H groups in total. The molecule has 1 aromatic heterocycles. The van der Waals surface area contributed by atoms with Gasteiger partial charge in [0, 0.05) is 10.5 Å². The summed E-state index contributed by atoms with van der Waals surface area (Å²) in [5, 5.41) is 8.09. The number of aromatic nitrogens is 2. The van der Waals surface area contributed by atoms with E-state index in [0.717, 1.165) is 16.9 Å². The second kappa shape index (κ2) is 6.66. The van der Waals surface area contributed by atoms with E-state index >= 15 is 0 Å². The monoisotopic (exact) mass is 312 g/mol. The molecule has 0 aliphatic carbocycles. The first kappa shape index (κ1) is 14.7. The minimum Gasteiger partial charge on any atom is -0.484 e. The minimum absolute atomic E-state index is 0.261. The first-order valence-corrected chi connectivity index (χ1v) is 8.13. The van der Waals surface area contributed by atoms with Crippen molar-refractivity contribution in [3.05, 3.63) is 60.0 Å². The van der Waals surface area contributed by atoms with E-state index in [4.69, 9.17) is 9.15 Å². The molecule has 4 nitrogen and oxygen atoms in total. The third-order valence-electron chi connectivity index (χ3n) is 3.15. The van der Waals surface area contributed by atoms with Crippen LogP contribution in [0.4, 0.5) is 0 Å². The fraction of sp³-hybridized carbons (Fsp3) is 0.176. The SMILES string of the molecule is CSc1ccc(OCc2nnc(-c3cccc(C)c3)o2)cc1. The Morgan fingerprint density at radius 3 is 2.64 bits per heavy atom. The number of aryl methyl sites for hydroxylation is 1. The molecule has 5 heteroatoms. The van der Waals surface area contributed by atoms with Gasteiger partial charge in [0.05, 0.1) is 0 Å². The highest BCUT2D eigenvalue weighted by Gasteiger charge is 2.09. The van der Waals surface area contributed by atoms with Crippen LogP contribution in [0.1, 0.15) is 11.5 Å². The second-order valence-corrected chi connectivity index (χ2v) is 5.71. The Balaban J connectivity index is 1.66. The fourth-order valence-electron chi connectivity index (χ4n) is 2.02. The first-order chi connectivity index (χ1) is 10.7. The van der Waals surface area contributed by atoms with Gasteiger partial charge in [-0.05, 0) is 49.6 Å². The molecule has 112 valence electrons. The van der Waals surface area contributed by atoms with Crippen molar-refractivity contribution in [2.24, 2.45) is 0 Å². The summed E-state index contributed by atoms with van der Waals surface area (Å²) < 4.78 is 11.3. The van der Waals surface area contributed by atoms with E-state index in [-0.39, 0.29) is 6.61 Å². The number of ether oxygens (including phenoxy) is 1. The fourth-order valence-corrected chi connectivity index (χ4v) is 2.43. The summed E-state index contributed by atoms with van der Waals surface area (Å²) in [6, 6.07) is 15.9. The van der Waals surface area contributed by atoms with E-state index < -0.39 is 0 Å². The minimum atomic E-state index is 0.261. The summed E-state index contributed by atoms with van der Waals surface area (Å²) in [6.45, 7) is 2.29. The molecule has 3 aromatic rings. The predicted molar refractivity (Wildman–Crippen MR) is 87.0 cm³/mol. The van der Waals surface area contributed by atoms with Crippen LogP contribution < -0.4 is 4.74 Å². The van der Waals surface area contributed by atoms with Crippen molar-refractivity contribution in [2.45, 2.75) is 18.4 Å². The van der Waals surface area contributed by atoms with Crippen molar-refractivity contribution in [3.63, 3.8) is 0 Å². The van der Waals surface area contributed by atoms with Gasteiger partial charge in [0.2, 0.25) is 5.89 Å². The van der Waals surface area contributed by atoms with E-state index in [1.807, 2.05) is 61.7 Å². The average molecular weight is 312 g/mol. The Bertz CT molecular complexity index is 753. The van der Waals surface area contributed by atoms with Crippen molar-refractivity contribution in [1.29, 1.82) is 0 Å². The van der Waals surface area contributed by atoms with Gasteiger partial charge in [-0.15, -0.1) is 22.0 Å². The lowest BCUT2D eigenvalue weighted by Gasteiger charge is -2.03. The summed E-state index contributed by atoms with van der Waals surface area (Å²) in [7, 11) is 0. The molecule has 0 saturated heterocycles. The van der Waals surface area contributed by atoms with Gasteiger partial charge in [-0.1, -0.05) is 17.7 Å². The highest BCUT2D eigenvalue weighted by atomic mass is 32.2. The Hall–Kier alpha value is -2.27. The molecule has 0 radical (unpaired) electrons. The van der Waals surface area contributed by atoms with Gasteiger partial charge < -0.3 is 9.15 Å². The number of hydrogen-bond donors (Lipinski definition) is 0. The quantitative estimate of drug-likeness (QED) is 0.656. The van der Waals surface area contributed by atoms with Gasteiger partial charge in [0.15, 0.2) is 6.61 Å². The highest BCUT2D eigenvalue weighted by Crippen LogP contribution is 2.21. The molecule has 0 aliphatic heterocycles. The van der Waals surface area contributed by atoms with Crippen molar-refractivity contribution >= 4 is 11.8 Å². The van der Waals surface area contributed by atoms with Crippen LogP contribution in [-0.4, -0.2) is 16.5 Å². The molecule has 3 rings (SSSR count). The maximum absolute atomic E-state index is 5.66. The summed E-state index contributed by atoms with van der Waals surface area (Å²) in [6.07, 6.45) is 2.04. The zero-order chi connectivity index (χ0) is 15.4. The zero-order valence-corrected chi connectivity index (χ0v) is 13.3. The first-order valence-electron chi connectivity index (χ1n) is 6.91. The molecule has 1 heterocycles. The lowest BCUT2D eigenvalue weighted by molar-refractivity contribution is 0.264. The lowest BCUT2D eigenvalue weighted by atomic mass is 10.1. The standard InChI is InChI=1S/C17H16N2O2S/c1-12-4-3-5-13(10-12)17-19-18-16(21-17)11-20-14-6-8-15(22-2)9-7-14/h3-10H,11H2,1-2H3. The van der Waals surface area contributed by atoms with E-state index in [1.165, 1.54) is 4.90 Å². The number of nitrogens with zero attached hydrogens (tertiary/aromatic N) is 2. The largest absolute Gasteiger partial charge is 0.484 e. The van der Waals surface area contributed by atoms with E-state index in [1.54, 1.807) is 11.8 Å². The van der Waals surface area contributed by atoms with Crippen molar-refractivity contribution in [1.82, 2.24) is 10.2 Å². The highest BCUT2D eigenvalue weighted by molar-refractivity contribution is 7.98. The van der Waals surface area contributed by atoms with Gasteiger partial charge in [0.25, 0.3) is 5.89 Å². The molecule has 0 saturated carbocycles. The topological polar surface area (TPSA) is 48.2 Å². The molecule has 0 spiro atoms. The number of hydrogen-bond acceptors (Lipinski definition) is 5. The van der Waals surface area contributed by atoms with Crippen LogP contribution in [0.2, 0.25) is 0 Å². The molecule has 0 fully saturated rings. The van der Waals surface area contributed by atoms with E-state index in [0.29, 0.717) is 11.8 Å². The third-order valence-corrected chi connectivity index (χ3v) is 3.90. The molecule has 0 aliphatic rings.